The van der Waals surface area contributed by atoms with Crippen molar-refractivity contribution >= 4 is 5.97 Å². The van der Waals surface area contributed by atoms with Gasteiger partial charge in [-0.15, -0.1) is 0 Å². The van der Waals surface area contributed by atoms with Crippen LogP contribution in [0.1, 0.15) is 100 Å². The molecule has 0 amide bonds. The Kier molecular flexibility index (Phi) is 8.93. The van der Waals surface area contributed by atoms with Crippen LogP contribution in [0.15, 0.2) is 11.6 Å². The van der Waals surface area contributed by atoms with Gasteiger partial charge in [0, 0.05) is 17.9 Å². The van der Waals surface area contributed by atoms with E-state index >= 15 is 0 Å². The molecule has 0 spiro atoms. The molecule has 9 nitrogen and oxygen atoms in total. The Hall–Kier alpha value is -1.07. The van der Waals surface area contributed by atoms with Crippen LogP contribution in [0.25, 0.3) is 0 Å². The first-order chi connectivity index (χ1) is 21.9. The Balaban J connectivity index is 1.39. The fourth-order valence-electron chi connectivity index (χ4n) is 13.0. The number of hydrogen-bond donors (Lipinski definition) is 6. The quantitative estimate of drug-likeness (QED) is 0.195. The van der Waals surface area contributed by atoms with Gasteiger partial charge >= 0.3 is 5.97 Å². The summed E-state index contributed by atoms with van der Waals surface area (Å²) in [6.07, 6.45) is 1.28. The number of fused-ring (bicyclic) bond motifs is 7. The molecule has 0 bridgehead atoms. The Morgan fingerprint density at radius 2 is 1.60 bits per heavy atom. The first kappa shape index (κ1) is 35.7. The highest BCUT2D eigenvalue weighted by molar-refractivity contribution is 5.79. The number of hydrogen-bond acceptors (Lipinski definition) is 9. The van der Waals surface area contributed by atoms with E-state index in [0.29, 0.717) is 31.6 Å². The molecule has 18 atom stereocenters. The van der Waals surface area contributed by atoms with E-state index in [-0.39, 0.29) is 53.6 Å². The van der Waals surface area contributed by atoms with Gasteiger partial charge in [0.2, 0.25) is 6.29 Å². The van der Waals surface area contributed by atoms with Gasteiger partial charge in [0.15, 0.2) is 0 Å². The average Bonchev–Trinajstić information content (AvgIpc) is 3.02. The minimum Gasteiger partial charge on any atom is -0.432 e. The normalized spacial score (nSPS) is 57.5. The largest absolute Gasteiger partial charge is 0.432 e. The molecule has 5 aliphatic carbocycles. The maximum Gasteiger partial charge on any atom is 0.315 e. The fraction of sp³-hybridized carbons (Fsp3) is 0.921. The number of ether oxygens (including phenoxy) is 2. The predicted octanol–water partition coefficient (Wildman–Crippen LogP) is 3.81. The summed E-state index contributed by atoms with van der Waals surface area (Å²) in [6, 6.07) is 0. The second-order valence-corrected chi connectivity index (χ2v) is 18.2. The summed E-state index contributed by atoms with van der Waals surface area (Å²) in [5, 5.41) is 65.7. The molecule has 0 aromatic heterocycles. The number of rotatable bonds is 4. The molecule has 4 saturated carbocycles. The number of carbonyl (C=O) groups is 1. The van der Waals surface area contributed by atoms with Gasteiger partial charge in [0.1, 0.15) is 6.10 Å². The topological polar surface area (TPSA) is 157 Å². The van der Waals surface area contributed by atoms with Gasteiger partial charge in [-0.3, -0.25) is 4.79 Å². The molecular weight excluding hydrogens is 600 g/mol. The van der Waals surface area contributed by atoms with E-state index in [1.807, 2.05) is 13.8 Å². The monoisotopic (exact) mass is 662 g/mol. The third-order valence-corrected chi connectivity index (χ3v) is 16.4. The highest BCUT2D eigenvalue weighted by atomic mass is 16.7. The van der Waals surface area contributed by atoms with Gasteiger partial charge in [-0.05, 0) is 96.7 Å². The molecule has 47 heavy (non-hydrogen) atoms. The summed E-state index contributed by atoms with van der Waals surface area (Å²) in [4.78, 5) is 14.5. The third kappa shape index (κ3) is 4.69. The minimum absolute atomic E-state index is 0.0825. The van der Waals surface area contributed by atoms with Gasteiger partial charge < -0.3 is 40.1 Å². The van der Waals surface area contributed by atoms with Crippen molar-refractivity contribution in [1.82, 2.24) is 0 Å². The minimum atomic E-state index is -1.41. The zero-order valence-corrected chi connectivity index (χ0v) is 29.9. The SMILES string of the molecule is C[C@H]1[C@H](O)C(O)[C@H](OC(=O)[C@]23CC[C@@H](C)[C@H](C)C2C2=CCC4[C@@]5(C)C[C@@H](O)[C@H](C)[C@@](C)(CO)[C@@H]5[C@H](O)C[C@@]4(C)[C@]2(C)CC3)O[C@@H]1CO. The fourth-order valence-corrected chi connectivity index (χ4v) is 13.0. The first-order valence-electron chi connectivity index (χ1n) is 18.4. The van der Waals surface area contributed by atoms with Crippen molar-refractivity contribution in [1.29, 1.82) is 0 Å². The standard InChI is InChI=1S/C38H62O9/c1-19-11-12-38(33(45)47-32-30(44)29(43)21(3)26(17-39)46-32)14-13-36(7)23(28(38)20(19)2)9-10-27-34(5)15-24(41)22(4)35(6,18-40)31(34)25(42)16-37(27,36)8/h9,19-22,24-32,39-44H,10-18H2,1-8H3/t19-,20+,21-,22+,24-,25-,26-,27?,28?,29+,30?,31-,32+,34-,35-,36-,37-,38+/m1/s1. The number of aliphatic hydroxyl groups is 6. The molecule has 0 aromatic carbocycles. The van der Waals surface area contributed by atoms with Crippen molar-refractivity contribution in [2.24, 2.45) is 68.5 Å². The molecule has 0 aromatic rings. The van der Waals surface area contributed by atoms with Crippen LogP contribution >= 0.6 is 0 Å². The van der Waals surface area contributed by atoms with Crippen LogP contribution in [0.4, 0.5) is 0 Å². The van der Waals surface area contributed by atoms with E-state index in [1.54, 1.807) is 6.92 Å². The second kappa shape index (κ2) is 11.7. The number of carbonyl (C=O) groups excluding carboxylic acids is 1. The first-order valence-corrected chi connectivity index (χ1v) is 18.4. The summed E-state index contributed by atoms with van der Waals surface area (Å²) in [6.45, 7) is 16.7. The zero-order chi connectivity index (χ0) is 34.6. The van der Waals surface area contributed by atoms with Crippen molar-refractivity contribution < 1.29 is 44.9 Å². The third-order valence-electron chi connectivity index (χ3n) is 16.4. The Bertz CT molecular complexity index is 1250. The number of aliphatic hydroxyl groups excluding tert-OH is 6. The lowest BCUT2D eigenvalue weighted by Crippen LogP contribution is -2.70. The van der Waals surface area contributed by atoms with Crippen LogP contribution in [0.5, 0.6) is 0 Å². The van der Waals surface area contributed by atoms with Gasteiger partial charge in [0.05, 0.1) is 36.4 Å². The Labute approximate surface area is 281 Å². The van der Waals surface area contributed by atoms with Crippen molar-refractivity contribution in [2.45, 2.75) is 137 Å². The summed E-state index contributed by atoms with van der Waals surface area (Å²) < 4.78 is 11.9. The maximum absolute atomic E-state index is 14.5. The second-order valence-electron chi connectivity index (χ2n) is 18.2. The van der Waals surface area contributed by atoms with Crippen molar-refractivity contribution in [3.63, 3.8) is 0 Å². The van der Waals surface area contributed by atoms with Crippen LogP contribution in [-0.4, -0.2) is 86.6 Å². The molecule has 268 valence electrons. The van der Waals surface area contributed by atoms with Gasteiger partial charge in [-0.25, -0.2) is 0 Å². The van der Waals surface area contributed by atoms with E-state index in [9.17, 15) is 35.4 Å². The van der Waals surface area contributed by atoms with Crippen molar-refractivity contribution in [3.05, 3.63) is 11.6 Å². The van der Waals surface area contributed by atoms with E-state index in [2.05, 4.69) is 40.7 Å². The van der Waals surface area contributed by atoms with Crippen LogP contribution < -0.4 is 0 Å². The average molecular weight is 663 g/mol. The lowest BCUT2D eigenvalue weighted by atomic mass is 9.32. The molecule has 5 fully saturated rings. The van der Waals surface area contributed by atoms with Gasteiger partial charge in [-0.1, -0.05) is 67.0 Å². The molecule has 6 rings (SSSR count). The Morgan fingerprint density at radius 1 is 0.915 bits per heavy atom. The van der Waals surface area contributed by atoms with E-state index in [1.165, 1.54) is 5.57 Å². The molecule has 6 aliphatic rings. The summed E-state index contributed by atoms with van der Waals surface area (Å²) in [5.74, 6) is -0.569. The molecule has 1 heterocycles. The molecule has 6 N–H and O–H groups in total. The van der Waals surface area contributed by atoms with Crippen LogP contribution in [0.3, 0.4) is 0 Å². The van der Waals surface area contributed by atoms with Crippen LogP contribution in [0, 0.1) is 68.5 Å². The summed E-state index contributed by atoms with van der Waals surface area (Å²) in [5.41, 5.74) is -1.18. The van der Waals surface area contributed by atoms with Crippen LogP contribution in [-0.2, 0) is 14.3 Å². The molecule has 3 unspecified atom stereocenters. The van der Waals surface area contributed by atoms with E-state index in [0.717, 1.165) is 19.3 Å². The van der Waals surface area contributed by atoms with Gasteiger partial charge in [0.25, 0.3) is 0 Å². The molecule has 1 saturated heterocycles. The number of allylic oxidation sites excluding steroid dienone is 2. The highest BCUT2D eigenvalue weighted by Crippen LogP contribution is 2.76. The molecule has 1 aliphatic heterocycles. The van der Waals surface area contributed by atoms with Gasteiger partial charge in [-0.2, -0.15) is 0 Å². The summed E-state index contributed by atoms with van der Waals surface area (Å²) >= 11 is 0. The molecule has 9 heteroatoms. The Morgan fingerprint density at radius 3 is 2.23 bits per heavy atom. The smallest absolute Gasteiger partial charge is 0.315 e. The predicted molar refractivity (Wildman–Crippen MR) is 175 cm³/mol. The van der Waals surface area contributed by atoms with Crippen molar-refractivity contribution in [2.75, 3.05) is 13.2 Å². The lowest BCUT2D eigenvalue weighted by molar-refractivity contribution is -0.286. The van der Waals surface area contributed by atoms with E-state index in [4.69, 9.17) is 9.47 Å². The highest BCUT2D eigenvalue weighted by Gasteiger charge is 2.72. The number of esters is 1. The van der Waals surface area contributed by atoms with Crippen molar-refractivity contribution in [3.8, 4) is 0 Å². The maximum atomic E-state index is 14.5. The molecular formula is C38H62O9. The summed E-state index contributed by atoms with van der Waals surface area (Å²) in [7, 11) is 0. The zero-order valence-electron chi connectivity index (χ0n) is 29.9. The van der Waals surface area contributed by atoms with E-state index < -0.39 is 64.9 Å². The lowest BCUT2D eigenvalue weighted by Gasteiger charge is -2.72. The molecule has 0 radical (unpaired) electrons. The van der Waals surface area contributed by atoms with Crippen LogP contribution in [0.2, 0.25) is 0 Å².